The molecule has 1 aliphatic carbocycles. The van der Waals surface area contributed by atoms with Gasteiger partial charge >= 0.3 is 0 Å². The molecule has 0 N–H and O–H groups in total. The summed E-state index contributed by atoms with van der Waals surface area (Å²) in [5.41, 5.74) is 2.77. The Balaban J connectivity index is 2.83. The molecule has 0 aromatic heterocycles. The predicted octanol–water partition coefficient (Wildman–Crippen LogP) is 2.65. The van der Waals surface area contributed by atoms with Crippen LogP contribution in [0.25, 0.3) is 0 Å². The first-order valence-electron chi connectivity index (χ1n) is 3.66. The van der Waals surface area contributed by atoms with E-state index in [1.807, 2.05) is 0 Å². The second-order valence-corrected chi connectivity index (χ2v) is 2.72. The molecule has 0 spiro atoms. The Morgan fingerprint density at radius 1 is 1.40 bits per heavy atom. The Labute approximate surface area is 62.4 Å². The van der Waals surface area contributed by atoms with Crippen molar-refractivity contribution in [3.8, 4) is 0 Å². The number of methoxy groups -OCH3 is 1. The van der Waals surface area contributed by atoms with Gasteiger partial charge in [0, 0.05) is 0 Å². The average molecular weight is 138 g/mol. The Hall–Kier alpha value is -0.720. The molecule has 0 amide bonds. The van der Waals surface area contributed by atoms with Gasteiger partial charge in [-0.25, -0.2) is 0 Å². The summed E-state index contributed by atoms with van der Waals surface area (Å²) in [5, 5.41) is 0. The van der Waals surface area contributed by atoms with Crippen LogP contribution in [0.15, 0.2) is 23.0 Å². The lowest BCUT2D eigenvalue weighted by molar-refractivity contribution is 0.296. The minimum Gasteiger partial charge on any atom is -0.497 e. The van der Waals surface area contributed by atoms with E-state index in [1.54, 1.807) is 7.11 Å². The molecule has 0 saturated heterocycles. The Bertz CT molecular complexity index is 187. The fraction of sp³-hybridized carbons (Fsp3) is 0.556. The largest absolute Gasteiger partial charge is 0.497 e. The Kier molecular flexibility index (Phi) is 2.15. The van der Waals surface area contributed by atoms with E-state index in [0.717, 1.165) is 12.2 Å². The van der Waals surface area contributed by atoms with Crippen LogP contribution in [-0.2, 0) is 4.74 Å². The second-order valence-electron chi connectivity index (χ2n) is 2.72. The van der Waals surface area contributed by atoms with Crippen molar-refractivity contribution >= 4 is 0 Å². The fourth-order valence-corrected chi connectivity index (χ4v) is 1.21. The molecule has 10 heavy (non-hydrogen) atoms. The highest BCUT2D eigenvalue weighted by atomic mass is 16.5. The summed E-state index contributed by atoms with van der Waals surface area (Å²) in [7, 11) is 1.73. The molecular weight excluding hydrogens is 124 g/mol. The lowest BCUT2D eigenvalue weighted by atomic mass is 9.99. The van der Waals surface area contributed by atoms with Crippen LogP contribution in [-0.4, -0.2) is 7.11 Å². The molecule has 0 aromatic carbocycles. The normalized spacial score (nSPS) is 18.9. The van der Waals surface area contributed by atoms with E-state index in [2.05, 4.69) is 19.9 Å². The van der Waals surface area contributed by atoms with Crippen LogP contribution in [0.3, 0.4) is 0 Å². The van der Waals surface area contributed by atoms with Gasteiger partial charge in [-0.05, 0) is 38.3 Å². The van der Waals surface area contributed by atoms with Crippen LogP contribution >= 0.6 is 0 Å². The van der Waals surface area contributed by atoms with Gasteiger partial charge in [0.25, 0.3) is 0 Å². The van der Waals surface area contributed by atoms with E-state index in [9.17, 15) is 0 Å². The minimum absolute atomic E-state index is 1.06. The van der Waals surface area contributed by atoms with E-state index in [-0.39, 0.29) is 0 Å². The maximum absolute atomic E-state index is 5.18. The number of allylic oxidation sites excluding steroid dienone is 3. The number of hydrogen-bond acceptors (Lipinski definition) is 1. The average Bonchev–Trinajstić information content (AvgIpc) is 1.95. The summed E-state index contributed by atoms with van der Waals surface area (Å²) in [6, 6.07) is 0. The number of hydrogen-bond donors (Lipinski definition) is 0. The van der Waals surface area contributed by atoms with Gasteiger partial charge in [0.15, 0.2) is 0 Å². The highest BCUT2D eigenvalue weighted by Gasteiger charge is 2.07. The van der Waals surface area contributed by atoms with Gasteiger partial charge in [0.05, 0.1) is 7.11 Å². The van der Waals surface area contributed by atoms with Crippen molar-refractivity contribution in [3.05, 3.63) is 23.0 Å². The SMILES string of the molecule is COC1=CCCC(C)=C1C. The molecule has 56 valence electrons. The molecule has 1 aliphatic rings. The molecule has 0 heterocycles. The van der Waals surface area contributed by atoms with E-state index < -0.39 is 0 Å². The topological polar surface area (TPSA) is 9.23 Å². The second kappa shape index (κ2) is 2.91. The molecule has 1 nitrogen and oxygen atoms in total. The van der Waals surface area contributed by atoms with Gasteiger partial charge in [-0.3, -0.25) is 0 Å². The molecule has 0 aromatic rings. The maximum Gasteiger partial charge on any atom is 0.117 e. The zero-order chi connectivity index (χ0) is 7.56. The molecule has 0 saturated carbocycles. The molecule has 0 atom stereocenters. The molecule has 0 fully saturated rings. The van der Waals surface area contributed by atoms with Crippen LogP contribution in [0.1, 0.15) is 26.7 Å². The van der Waals surface area contributed by atoms with Gasteiger partial charge in [-0.2, -0.15) is 0 Å². The first-order valence-corrected chi connectivity index (χ1v) is 3.66. The summed E-state index contributed by atoms with van der Waals surface area (Å²) in [6.45, 7) is 4.28. The van der Waals surface area contributed by atoms with Crippen molar-refractivity contribution < 1.29 is 4.74 Å². The first-order chi connectivity index (χ1) is 4.75. The monoisotopic (exact) mass is 138 g/mol. The van der Waals surface area contributed by atoms with Crippen LogP contribution in [0, 0.1) is 0 Å². The lowest BCUT2D eigenvalue weighted by Gasteiger charge is -2.14. The smallest absolute Gasteiger partial charge is 0.117 e. The Morgan fingerprint density at radius 2 is 2.10 bits per heavy atom. The summed E-state index contributed by atoms with van der Waals surface area (Å²) in [5.74, 6) is 1.06. The lowest BCUT2D eigenvalue weighted by Crippen LogP contribution is -1.97. The van der Waals surface area contributed by atoms with Gasteiger partial charge in [-0.15, -0.1) is 0 Å². The van der Waals surface area contributed by atoms with E-state index in [0.29, 0.717) is 0 Å². The van der Waals surface area contributed by atoms with Crippen molar-refractivity contribution in [1.82, 2.24) is 0 Å². The van der Waals surface area contributed by atoms with Crippen LogP contribution in [0.4, 0.5) is 0 Å². The zero-order valence-electron chi connectivity index (χ0n) is 6.90. The summed E-state index contributed by atoms with van der Waals surface area (Å²) in [6.07, 6.45) is 4.48. The molecular formula is C9H14O. The highest BCUT2D eigenvalue weighted by Crippen LogP contribution is 2.24. The summed E-state index contributed by atoms with van der Waals surface area (Å²) >= 11 is 0. The molecule has 0 radical (unpaired) electrons. The van der Waals surface area contributed by atoms with Crippen LogP contribution in [0.2, 0.25) is 0 Å². The van der Waals surface area contributed by atoms with Gasteiger partial charge < -0.3 is 4.74 Å². The first kappa shape index (κ1) is 7.39. The van der Waals surface area contributed by atoms with Crippen molar-refractivity contribution in [1.29, 1.82) is 0 Å². The Morgan fingerprint density at radius 3 is 2.60 bits per heavy atom. The van der Waals surface area contributed by atoms with Gasteiger partial charge in [-0.1, -0.05) is 5.57 Å². The van der Waals surface area contributed by atoms with Crippen molar-refractivity contribution in [2.24, 2.45) is 0 Å². The number of ether oxygens (including phenoxy) is 1. The third-order valence-corrected chi connectivity index (χ3v) is 2.08. The van der Waals surface area contributed by atoms with Crippen LogP contribution < -0.4 is 0 Å². The molecule has 0 aliphatic heterocycles. The third kappa shape index (κ3) is 1.23. The van der Waals surface area contributed by atoms with Crippen molar-refractivity contribution in [2.45, 2.75) is 26.7 Å². The van der Waals surface area contributed by atoms with E-state index in [1.165, 1.54) is 17.6 Å². The number of rotatable bonds is 1. The zero-order valence-corrected chi connectivity index (χ0v) is 6.90. The van der Waals surface area contributed by atoms with Gasteiger partial charge in [0.1, 0.15) is 5.76 Å². The van der Waals surface area contributed by atoms with Crippen LogP contribution in [0.5, 0.6) is 0 Å². The molecule has 1 rings (SSSR count). The quantitative estimate of drug-likeness (QED) is 0.541. The van der Waals surface area contributed by atoms with E-state index >= 15 is 0 Å². The summed E-state index contributed by atoms with van der Waals surface area (Å²) < 4.78 is 5.18. The minimum atomic E-state index is 1.06. The third-order valence-electron chi connectivity index (χ3n) is 2.08. The highest BCUT2D eigenvalue weighted by molar-refractivity contribution is 5.31. The van der Waals surface area contributed by atoms with Crippen molar-refractivity contribution in [3.63, 3.8) is 0 Å². The van der Waals surface area contributed by atoms with E-state index in [4.69, 9.17) is 4.74 Å². The van der Waals surface area contributed by atoms with Gasteiger partial charge in [0.2, 0.25) is 0 Å². The molecule has 1 heteroatoms. The maximum atomic E-state index is 5.18. The molecule has 0 unspecified atom stereocenters. The van der Waals surface area contributed by atoms with Crippen molar-refractivity contribution in [2.75, 3.05) is 7.11 Å². The standard InChI is InChI=1S/C9H14O/c1-7-5-4-6-9(10-3)8(7)2/h6H,4-5H2,1-3H3. The molecule has 0 bridgehead atoms. The summed E-state index contributed by atoms with van der Waals surface area (Å²) in [4.78, 5) is 0. The predicted molar refractivity (Wildman–Crippen MR) is 42.7 cm³/mol. The fourth-order valence-electron chi connectivity index (χ4n) is 1.21.